The van der Waals surface area contributed by atoms with Gasteiger partial charge in [0, 0.05) is 18.5 Å². The summed E-state index contributed by atoms with van der Waals surface area (Å²) in [5, 5.41) is 10.7. The fourth-order valence-corrected chi connectivity index (χ4v) is 1.71. The van der Waals surface area contributed by atoms with Crippen LogP contribution in [0.4, 0.5) is 11.4 Å². The predicted octanol–water partition coefficient (Wildman–Crippen LogP) is 3.62. The molecule has 4 nitrogen and oxygen atoms in total. The Bertz CT molecular complexity index is 570. The van der Waals surface area contributed by atoms with Gasteiger partial charge in [0.05, 0.1) is 4.92 Å². The quantitative estimate of drug-likeness (QED) is 0.612. The standard InChI is InChI=1S/C12H8N2O2S/c15-14(16)12-7-6-10(8-11(12)13-17)9-4-2-1-3-5-9/h1-8H. The van der Waals surface area contributed by atoms with Crippen LogP contribution in [-0.4, -0.2) is 4.92 Å². The van der Waals surface area contributed by atoms with E-state index in [0.717, 1.165) is 11.1 Å². The molecule has 0 aliphatic rings. The second kappa shape index (κ2) is 4.80. The van der Waals surface area contributed by atoms with E-state index in [-0.39, 0.29) is 11.4 Å². The minimum absolute atomic E-state index is 0.0697. The maximum Gasteiger partial charge on any atom is 0.295 e. The second-order valence-electron chi connectivity index (χ2n) is 3.42. The number of hydrogen-bond donors (Lipinski definition) is 0. The average Bonchev–Trinajstić information content (AvgIpc) is 2.39. The molecule has 2 aromatic rings. The minimum Gasteiger partial charge on any atom is -0.258 e. The summed E-state index contributed by atoms with van der Waals surface area (Å²) in [6, 6.07) is 14.3. The van der Waals surface area contributed by atoms with E-state index in [1.807, 2.05) is 30.3 Å². The summed E-state index contributed by atoms with van der Waals surface area (Å²) >= 11 is 4.56. The molecule has 0 heterocycles. The molecule has 0 aliphatic heterocycles. The van der Waals surface area contributed by atoms with Crippen molar-refractivity contribution in [3.05, 3.63) is 58.6 Å². The monoisotopic (exact) mass is 244 g/mol. The molecule has 0 aromatic heterocycles. The third-order valence-corrected chi connectivity index (χ3v) is 2.57. The van der Waals surface area contributed by atoms with Gasteiger partial charge in [0.15, 0.2) is 5.69 Å². The van der Waals surface area contributed by atoms with Crippen LogP contribution in [-0.2, 0) is 12.4 Å². The van der Waals surface area contributed by atoms with Gasteiger partial charge in [-0.05, 0) is 23.3 Å². The van der Waals surface area contributed by atoms with Crippen LogP contribution in [0.5, 0.6) is 0 Å². The van der Waals surface area contributed by atoms with Crippen LogP contribution in [0.2, 0.25) is 0 Å². The molecule has 0 bridgehead atoms. The van der Waals surface area contributed by atoms with Gasteiger partial charge in [-0.25, -0.2) is 0 Å². The van der Waals surface area contributed by atoms with Crippen LogP contribution in [0.25, 0.3) is 11.1 Å². The lowest BCUT2D eigenvalue weighted by Crippen LogP contribution is -1.88. The van der Waals surface area contributed by atoms with Crippen molar-refractivity contribution in [1.29, 1.82) is 0 Å². The zero-order valence-corrected chi connectivity index (χ0v) is 9.55. The van der Waals surface area contributed by atoms with E-state index < -0.39 is 4.92 Å². The predicted molar refractivity (Wildman–Crippen MR) is 68.0 cm³/mol. The van der Waals surface area contributed by atoms with Crippen molar-refractivity contribution >= 4 is 23.8 Å². The maximum absolute atomic E-state index is 10.7. The number of nitro benzene ring substituents is 1. The molecule has 0 radical (unpaired) electrons. The van der Waals surface area contributed by atoms with Crippen LogP contribution in [0.1, 0.15) is 0 Å². The molecule has 0 saturated carbocycles. The van der Waals surface area contributed by atoms with Crippen LogP contribution in [0.3, 0.4) is 0 Å². The first-order valence-electron chi connectivity index (χ1n) is 4.89. The normalized spacial score (nSPS) is 9.88. The summed E-state index contributed by atoms with van der Waals surface area (Å²) in [7, 11) is 0. The number of nitrogens with zero attached hydrogens (tertiary/aromatic N) is 2. The van der Waals surface area contributed by atoms with Crippen LogP contribution < -0.4 is 0 Å². The zero-order valence-electron chi connectivity index (χ0n) is 8.74. The summed E-state index contributed by atoms with van der Waals surface area (Å²) in [5.41, 5.74) is 1.98. The van der Waals surface area contributed by atoms with E-state index >= 15 is 0 Å². The van der Waals surface area contributed by atoms with E-state index in [2.05, 4.69) is 16.8 Å². The fourth-order valence-electron chi connectivity index (χ4n) is 1.56. The first kappa shape index (κ1) is 11.3. The van der Waals surface area contributed by atoms with Crippen LogP contribution in [0.15, 0.2) is 52.9 Å². The molecule has 84 valence electrons. The summed E-state index contributed by atoms with van der Waals surface area (Å²) in [4.78, 5) is 10.2. The van der Waals surface area contributed by atoms with Crippen LogP contribution in [0, 0.1) is 10.1 Å². The highest BCUT2D eigenvalue weighted by Gasteiger charge is 2.13. The Morgan fingerprint density at radius 1 is 1.06 bits per heavy atom. The molecular formula is C12H8N2O2S. The molecule has 0 aliphatic carbocycles. The third-order valence-electron chi connectivity index (χ3n) is 2.38. The first-order valence-corrected chi connectivity index (χ1v) is 5.26. The Hall–Kier alpha value is -2.14. The molecule has 0 unspecified atom stereocenters. The van der Waals surface area contributed by atoms with Gasteiger partial charge >= 0.3 is 0 Å². The highest BCUT2D eigenvalue weighted by atomic mass is 32.1. The largest absolute Gasteiger partial charge is 0.295 e. The van der Waals surface area contributed by atoms with Crippen molar-refractivity contribution in [2.45, 2.75) is 0 Å². The minimum atomic E-state index is -0.486. The summed E-state index contributed by atoms with van der Waals surface area (Å²) < 4.78 is 3.52. The lowest BCUT2D eigenvalue weighted by molar-refractivity contribution is -0.384. The number of benzene rings is 2. The lowest BCUT2D eigenvalue weighted by Gasteiger charge is -2.02. The molecule has 0 spiro atoms. The Morgan fingerprint density at radius 2 is 1.76 bits per heavy atom. The molecule has 17 heavy (non-hydrogen) atoms. The SMILES string of the molecule is O=[N+]([O-])c1ccc(-c2ccccc2)cc1N=S. The van der Waals surface area contributed by atoms with Gasteiger partial charge in [-0.3, -0.25) is 10.1 Å². The molecule has 5 heteroatoms. The van der Waals surface area contributed by atoms with Crippen molar-refractivity contribution in [3.63, 3.8) is 0 Å². The lowest BCUT2D eigenvalue weighted by atomic mass is 10.0. The van der Waals surface area contributed by atoms with E-state index in [0.29, 0.717) is 0 Å². The van der Waals surface area contributed by atoms with E-state index in [1.165, 1.54) is 6.07 Å². The maximum atomic E-state index is 10.7. The highest BCUT2D eigenvalue weighted by molar-refractivity contribution is 7.47. The van der Waals surface area contributed by atoms with Gasteiger partial charge in [-0.15, -0.1) is 0 Å². The van der Waals surface area contributed by atoms with E-state index in [1.54, 1.807) is 12.1 Å². The average molecular weight is 244 g/mol. The first-order chi connectivity index (χ1) is 8.22. The van der Waals surface area contributed by atoms with Gasteiger partial charge in [0.2, 0.25) is 0 Å². The Morgan fingerprint density at radius 3 is 2.35 bits per heavy atom. The van der Waals surface area contributed by atoms with Crippen molar-refractivity contribution in [3.8, 4) is 11.1 Å². The van der Waals surface area contributed by atoms with E-state index in [9.17, 15) is 10.1 Å². The summed E-state index contributed by atoms with van der Waals surface area (Å²) in [5.74, 6) is 0. The fraction of sp³-hybridized carbons (Fsp3) is 0. The van der Waals surface area contributed by atoms with Crippen molar-refractivity contribution in [2.24, 2.45) is 4.36 Å². The van der Waals surface area contributed by atoms with Crippen LogP contribution >= 0.6 is 0 Å². The topological polar surface area (TPSA) is 55.5 Å². The van der Waals surface area contributed by atoms with E-state index in [4.69, 9.17) is 0 Å². The molecule has 0 fully saturated rings. The molecule has 0 atom stereocenters. The Balaban J connectivity index is 2.53. The number of hydrogen-bond acceptors (Lipinski definition) is 4. The second-order valence-corrected chi connectivity index (χ2v) is 3.60. The highest BCUT2D eigenvalue weighted by Crippen LogP contribution is 2.32. The summed E-state index contributed by atoms with van der Waals surface area (Å²) in [6.45, 7) is 0. The van der Waals surface area contributed by atoms with Gasteiger partial charge < -0.3 is 0 Å². The molecule has 0 amide bonds. The molecule has 0 saturated heterocycles. The number of nitro groups is 1. The Kier molecular flexibility index (Phi) is 3.20. The third kappa shape index (κ3) is 2.34. The molecular weight excluding hydrogens is 236 g/mol. The number of rotatable bonds is 3. The van der Waals surface area contributed by atoms with Crippen molar-refractivity contribution < 1.29 is 4.92 Å². The van der Waals surface area contributed by atoms with Crippen molar-refractivity contribution in [2.75, 3.05) is 0 Å². The van der Waals surface area contributed by atoms with Crippen molar-refractivity contribution in [1.82, 2.24) is 0 Å². The molecule has 2 rings (SSSR count). The van der Waals surface area contributed by atoms with Gasteiger partial charge in [-0.1, -0.05) is 30.3 Å². The molecule has 0 N–H and O–H groups in total. The zero-order chi connectivity index (χ0) is 12.3. The van der Waals surface area contributed by atoms with Gasteiger partial charge in [0.1, 0.15) is 0 Å². The molecule has 2 aromatic carbocycles. The van der Waals surface area contributed by atoms with Gasteiger partial charge in [0.25, 0.3) is 5.69 Å². The van der Waals surface area contributed by atoms with Gasteiger partial charge in [-0.2, -0.15) is 4.36 Å². The summed E-state index contributed by atoms with van der Waals surface area (Å²) in [6.07, 6.45) is 0. The Labute approximate surface area is 103 Å². The smallest absolute Gasteiger partial charge is 0.258 e.